The third-order valence-electron chi connectivity index (χ3n) is 4.97. The molecule has 2 aromatic rings. The van der Waals surface area contributed by atoms with Crippen molar-refractivity contribution in [3.63, 3.8) is 0 Å². The summed E-state index contributed by atoms with van der Waals surface area (Å²) in [4.78, 5) is 42.4. The Kier molecular flexibility index (Phi) is 4.93. The van der Waals surface area contributed by atoms with Gasteiger partial charge in [0.05, 0.1) is 21.6 Å². The summed E-state index contributed by atoms with van der Waals surface area (Å²) >= 11 is 0. The Labute approximate surface area is 167 Å². The molecule has 0 N–H and O–H groups in total. The molecule has 0 aromatic heterocycles. The molecule has 2 amide bonds. The zero-order valence-electron chi connectivity index (χ0n) is 15.4. The first-order valence-electron chi connectivity index (χ1n) is 9.20. The third kappa shape index (κ3) is 3.32. The average molecular weight is 414 g/mol. The second kappa shape index (κ2) is 7.41. The number of carbonyl (C=O) groups excluding carboxylic acids is 3. The Morgan fingerprint density at radius 3 is 2.00 bits per heavy atom. The molecule has 2 aliphatic rings. The fourth-order valence-corrected chi connectivity index (χ4v) is 5.18. The zero-order chi connectivity index (χ0) is 20.6. The van der Waals surface area contributed by atoms with Gasteiger partial charge >= 0.3 is 5.97 Å². The lowest BCUT2D eigenvalue weighted by atomic mass is 10.1. The van der Waals surface area contributed by atoms with Crippen molar-refractivity contribution in [2.45, 2.75) is 24.2 Å². The van der Waals surface area contributed by atoms with Crippen LogP contribution in [0.4, 0.5) is 0 Å². The number of piperidine rings is 1. The number of carbonyl (C=O) groups is 3. The molecule has 0 saturated carbocycles. The molecule has 0 aliphatic carbocycles. The largest absolute Gasteiger partial charge is 0.365 e. The van der Waals surface area contributed by atoms with E-state index < -0.39 is 27.8 Å². The van der Waals surface area contributed by atoms with Crippen LogP contribution in [0.1, 0.15) is 50.3 Å². The van der Waals surface area contributed by atoms with Gasteiger partial charge < -0.3 is 4.84 Å². The molecule has 0 spiro atoms. The summed E-state index contributed by atoms with van der Waals surface area (Å²) in [6, 6.07) is 11.7. The second-order valence-electron chi connectivity index (χ2n) is 6.79. The van der Waals surface area contributed by atoms with Crippen LogP contribution in [0.25, 0.3) is 0 Å². The topological polar surface area (TPSA) is 101 Å². The maximum atomic E-state index is 13.0. The van der Waals surface area contributed by atoms with Crippen LogP contribution in [0.5, 0.6) is 0 Å². The number of nitrogens with zero attached hydrogens (tertiary/aromatic N) is 2. The van der Waals surface area contributed by atoms with Crippen molar-refractivity contribution in [3.05, 3.63) is 65.2 Å². The van der Waals surface area contributed by atoms with Crippen LogP contribution in [0, 0.1) is 0 Å². The highest BCUT2D eigenvalue weighted by molar-refractivity contribution is 7.89. The number of hydroxylamine groups is 2. The van der Waals surface area contributed by atoms with Gasteiger partial charge in [0, 0.05) is 13.1 Å². The van der Waals surface area contributed by atoms with Crippen LogP contribution in [0.2, 0.25) is 0 Å². The molecule has 1 saturated heterocycles. The molecular weight excluding hydrogens is 396 g/mol. The van der Waals surface area contributed by atoms with E-state index in [0.29, 0.717) is 18.2 Å². The van der Waals surface area contributed by atoms with Gasteiger partial charge in [0.2, 0.25) is 10.0 Å². The van der Waals surface area contributed by atoms with E-state index in [2.05, 4.69) is 0 Å². The molecule has 29 heavy (non-hydrogen) atoms. The van der Waals surface area contributed by atoms with Crippen LogP contribution in [0.15, 0.2) is 53.4 Å². The Balaban J connectivity index is 1.63. The molecular formula is C20H18N2O6S. The maximum Gasteiger partial charge on any atom is 0.365 e. The van der Waals surface area contributed by atoms with Gasteiger partial charge in [0.25, 0.3) is 11.8 Å². The predicted molar refractivity (Wildman–Crippen MR) is 101 cm³/mol. The average Bonchev–Trinajstić information content (AvgIpc) is 2.99. The van der Waals surface area contributed by atoms with Crippen molar-refractivity contribution in [1.82, 2.24) is 9.37 Å². The maximum absolute atomic E-state index is 13.0. The van der Waals surface area contributed by atoms with Crippen molar-refractivity contribution in [1.29, 1.82) is 0 Å². The van der Waals surface area contributed by atoms with Gasteiger partial charge in [0.1, 0.15) is 0 Å². The van der Waals surface area contributed by atoms with E-state index in [0.717, 1.165) is 19.3 Å². The molecule has 2 heterocycles. The molecule has 0 bridgehead atoms. The highest BCUT2D eigenvalue weighted by atomic mass is 32.2. The second-order valence-corrected chi connectivity index (χ2v) is 8.70. The zero-order valence-corrected chi connectivity index (χ0v) is 16.2. The van der Waals surface area contributed by atoms with Crippen LogP contribution in [0.3, 0.4) is 0 Å². The lowest BCUT2D eigenvalue weighted by Crippen LogP contribution is -2.37. The lowest BCUT2D eigenvalue weighted by Gasteiger charge is -2.26. The lowest BCUT2D eigenvalue weighted by molar-refractivity contribution is -0.0587. The number of amides is 2. The van der Waals surface area contributed by atoms with E-state index in [1.165, 1.54) is 40.7 Å². The van der Waals surface area contributed by atoms with Gasteiger partial charge in [-0.25, -0.2) is 13.2 Å². The Morgan fingerprint density at radius 1 is 0.828 bits per heavy atom. The molecule has 0 atom stereocenters. The van der Waals surface area contributed by atoms with Crippen LogP contribution < -0.4 is 0 Å². The number of fused-ring (bicyclic) bond motifs is 1. The quantitative estimate of drug-likeness (QED) is 0.711. The molecule has 0 radical (unpaired) electrons. The Bertz CT molecular complexity index is 1070. The summed E-state index contributed by atoms with van der Waals surface area (Å²) in [5, 5.41) is 0.372. The van der Waals surface area contributed by atoms with Gasteiger partial charge in [-0.1, -0.05) is 35.7 Å². The van der Waals surface area contributed by atoms with Gasteiger partial charge in [-0.05, 0) is 37.1 Å². The standard InChI is InChI=1S/C20H18N2O6S/c23-18-14-8-2-3-9-15(14)19(24)22(18)28-20(25)16-10-4-5-11-17(16)29(26,27)21-12-6-1-7-13-21/h2-5,8-11H,1,6-7,12-13H2. The fourth-order valence-electron chi connectivity index (χ4n) is 3.49. The van der Waals surface area contributed by atoms with Crippen LogP contribution >= 0.6 is 0 Å². The van der Waals surface area contributed by atoms with Crippen LogP contribution in [-0.4, -0.2) is 48.7 Å². The van der Waals surface area contributed by atoms with Crippen molar-refractivity contribution < 1.29 is 27.6 Å². The van der Waals surface area contributed by atoms with E-state index in [9.17, 15) is 22.8 Å². The first-order valence-corrected chi connectivity index (χ1v) is 10.6. The Morgan fingerprint density at radius 2 is 1.38 bits per heavy atom. The highest BCUT2D eigenvalue weighted by Crippen LogP contribution is 2.27. The summed E-state index contributed by atoms with van der Waals surface area (Å²) in [7, 11) is -3.91. The summed E-state index contributed by atoms with van der Waals surface area (Å²) in [5.74, 6) is -2.62. The van der Waals surface area contributed by atoms with E-state index in [1.54, 1.807) is 12.1 Å². The number of hydrogen-bond donors (Lipinski definition) is 0. The smallest absolute Gasteiger partial charge is 0.324 e. The summed E-state index contributed by atoms with van der Waals surface area (Å²) in [5.41, 5.74) is 0.0219. The van der Waals surface area contributed by atoms with Crippen molar-refractivity contribution in [3.8, 4) is 0 Å². The molecule has 150 valence electrons. The fraction of sp³-hybridized carbons (Fsp3) is 0.250. The van der Waals surface area contributed by atoms with E-state index in [1.807, 2.05) is 0 Å². The molecule has 8 nitrogen and oxygen atoms in total. The van der Waals surface area contributed by atoms with E-state index in [4.69, 9.17) is 4.84 Å². The number of sulfonamides is 1. The van der Waals surface area contributed by atoms with Gasteiger partial charge in [-0.3, -0.25) is 9.59 Å². The summed E-state index contributed by atoms with van der Waals surface area (Å²) in [6.45, 7) is 0.758. The molecule has 2 aromatic carbocycles. The van der Waals surface area contributed by atoms with Gasteiger partial charge in [-0.15, -0.1) is 0 Å². The van der Waals surface area contributed by atoms with Crippen LogP contribution in [-0.2, 0) is 14.9 Å². The minimum atomic E-state index is -3.91. The minimum absolute atomic E-state index is 0.125. The summed E-state index contributed by atoms with van der Waals surface area (Å²) < 4.78 is 27.4. The van der Waals surface area contributed by atoms with E-state index in [-0.39, 0.29) is 21.6 Å². The Hall–Kier alpha value is -3.04. The number of rotatable bonds is 4. The normalized spacial score (nSPS) is 17.3. The molecule has 1 fully saturated rings. The van der Waals surface area contributed by atoms with Crippen molar-refractivity contribution in [2.24, 2.45) is 0 Å². The van der Waals surface area contributed by atoms with Crippen molar-refractivity contribution >= 4 is 27.8 Å². The highest BCUT2D eigenvalue weighted by Gasteiger charge is 2.40. The molecule has 2 aliphatic heterocycles. The number of benzene rings is 2. The molecule has 4 rings (SSSR count). The monoisotopic (exact) mass is 414 g/mol. The first kappa shape index (κ1) is 19.3. The van der Waals surface area contributed by atoms with Gasteiger partial charge in [0.15, 0.2) is 0 Å². The third-order valence-corrected chi connectivity index (χ3v) is 6.93. The first-order chi connectivity index (χ1) is 13.9. The number of hydrogen-bond acceptors (Lipinski definition) is 6. The van der Waals surface area contributed by atoms with Gasteiger partial charge in [-0.2, -0.15) is 4.31 Å². The SMILES string of the molecule is O=C(ON1C(=O)c2ccccc2C1=O)c1ccccc1S(=O)(=O)N1CCCCC1. The summed E-state index contributed by atoms with van der Waals surface area (Å²) in [6.07, 6.45) is 2.46. The number of imide groups is 1. The predicted octanol–water partition coefficient (Wildman–Crippen LogP) is 2.23. The van der Waals surface area contributed by atoms with Crippen molar-refractivity contribution in [2.75, 3.05) is 13.1 Å². The molecule has 0 unspecified atom stereocenters. The van der Waals surface area contributed by atoms with E-state index >= 15 is 0 Å². The molecule has 9 heteroatoms. The minimum Gasteiger partial charge on any atom is -0.324 e.